The van der Waals surface area contributed by atoms with Gasteiger partial charge in [-0.05, 0) is 36.7 Å². The summed E-state index contributed by atoms with van der Waals surface area (Å²) in [5.41, 5.74) is 1.75. The molecule has 3 rings (SSSR count). The van der Waals surface area contributed by atoms with E-state index < -0.39 is 0 Å². The predicted molar refractivity (Wildman–Crippen MR) is 105 cm³/mol. The third kappa shape index (κ3) is 5.74. The van der Waals surface area contributed by atoms with Gasteiger partial charge in [-0.25, -0.2) is 9.97 Å². The molecule has 2 heterocycles. The van der Waals surface area contributed by atoms with Crippen LogP contribution in [-0.2, 0) is 11.3 Å². The highest BCUT2D eigenvalue weighted by Gasteiger charge is 2.18. The van der Waals surface area contributed by atoms with Crippen LogP contribution in [0.1, 0.15) is 22.3 Å². The van der Waals surface area contributed by atoms with Gasteiger partial charge in [0.1, 0.15) is 0 Å². The zero-order valence-corrected chi connectivity index (χ0v) is 15.8. The van der Waals surface area contributed by atoms with Crippen LogP contribution in [0.25, 0.3) is 0 Å². The molecule has 0 saturated carbocycles. The van der Waals surface area contributed by atoms with Crippen LogP contribution in [0.4, 0.5) is 5.95 Å². The Morgan fingerprint density at radius 2 is 1.81 bits per heavy atom. The van der Waals surface area contributed by atoms with E-state index in [-0.39, 0.29) is 5.91 Å². The second-order valence-corrected chi connectivity index (χ2v) is 6.62. The van der Waals surface area contributed by atoms with E-state index in [0.717, 1.165) is 50.7 Å². The molecule has 1 aromatic carbocycles. The van der Waals surface area contributed by atoms with E-state index in [1.165, 1.54) is 0 Å². The number of aromatic nitrogens is 2. The van der Waals surface area contributed by atoms with Crippen molar-refractivity contribution < 1.29 is 9.53 Å². The Labute approximate surface area is 160 Å². The summed E-state index contributed by atoms with van der Waals surface area (Å²) < 4.78 is 5.08. The Bertz CT molecular complexity index is 700. The Morgan fingerprint density at radius 3 is 2.48 bits per heavy atom. The number of ether oxygens (including phenoxy) is 1. The first-order valence-electron chi connectivity index (χ1n) is 9.36. The second-order valence-electron chi connectivity index (χ2n) is 6.62. The molecule has 0 aliphatic carbocycles. The number of benzene rings is 1. The molecular formula is C20H27N5O2. The monoisotopic (exact) mass is 369 g/mol. The summed E-state index contributed by atoms with van der Waals surface area (Å²) in [5, 5.41) is 3.00. The molecule has 1 aliphatic heterocycles. The predicted octanol–water partition coefficient (Wildman–Crippen LogP) is 1.57. The summed E-state index contributed by atoms with van der Waals surface area (Å²) in [4.78, 5) is 25.4. The summed E-state index contributed by atoms with van der Waals surface area (Å²) in [5.74, 6) is 0.783. The molecule has 0 atom stereocenters. The van der Waals surface area contributed by atoms with E-state index in [1.54, 1.807) is 19.5 Å². The number of carbonyl (C=O) groups excluding carboxylic acids is 1. The van der Waals surface area contributed by atoms with Crippen LogP contribution < -0.4 is 10.2 Å². The fraction of sp³-hybridized carbons (Fsp3) is 0.450. The van der Waals surface area contributed by atoms with Gasteiger partial charge in [0.25, 0.3) is 5.91 Å². The van der Waals surface area contributed by atoms with Crippen LogP contribution in [-0.4, -0.2) is 67.2 Å². The van der Waals surface area contributed by atoms with E-state index >= 15 is 0 Å². The topological polar surface area (TPSA) is 70.6 Å². The van der Waals surface area contributed by atoms with E-state index in [4.69, 9.17) is 4.74 Å². The Hall–Kier alpha value is -2.51. The smallest absolute Gasteiger partial charge is 0.251 e. The summed E-state index contributed by atoms with van der Waals surface area (Å²) in [7, 11) is 1.66. The molecule has 0 spiro atoms. The summed E-state index contributed by atoms with van der Waals surface area (Å²) in [6.07, 6.45) is 4.50. The zero-order valence-electron chi connectivity index (χ0n) is 15.8. The molecule has 1 amide bonds. The van der Waals surface area contributed by atoms with Gasteiger partial charge in [-0.15, -0.1) is 0 Å². The summed E-state index contributed by atoms with van der Waals surface area (Å²) in [6, 6.07) is 9.37. The molecule has 1 N–H and O–H groups in total. The Balaban J connectivity index is 1.33. The fourth-order valence-electron chi connectivity index (χ4n) is 3.15. The first-order chi connectivity index (χ1) is 13.3. The minimum atomic E-state index is -0.0231. The van der Waals surface area contributed by atoms with Crippen LogP contribution in [0.15, 0.2) is 42.7 Å². The number of rotatable bonds is 8. The molecule has 144 valence electrons. The average molecular weight is 369 g/mol. The lowest BCUT2D eigenvalue weighted by atomic mass is 10.1. The van der Waals surface area contributed by atoms with E-state index in [9.17, 15) is 4.79 Å². The quantitative estimate of drug-likeness (QED) is 0.712. The van der Waals surface area contributed by atoms with Gasteiger partial charge in [0.05, 0.1) is 6.61 Å². The molecule has 1 aliphatic rings. The maximum Gasteiger partial charge on any atom is 0.251 e. The first kappa shape index (κ1) is 19.3. The highest BCUT2D eigenvalue weighted by atomic mass is 16.5. The van der Waals surface area contributed by atoms with E-state index in [2.05, 4.69) is 25.1 Å². The van der Waals surface area contributed by atoms with Crippen LogP contribution in [0.2, 0.25) is 0 Å². The molecule has 1 fully saturated rings. The number of nitrogens with one attached hydrogen (secondary N) is 1. The van der Waals surface area contributed by atoms with Crippen molar-refractivity contribution in [1.82, 2.24) is 20.2 Å². The number of piperazine rings is 1. The van der Waals surface area contributed by atoms with Crippen molar-refractivity contribution in [3.05, 3.63) is 53.9 Å². The molecule has 7 heteroatoms. The van der Waals surface area contributed by atoms with Crippen molar-refractivity contribution in [1.29, 1.82) is 0 Å². The van der Waals surface area contributed by atoms with E-state index in [1.807, 2.05) is 30.3 Å². The third-order valence-corrected chi connectivity index (χ3v) is 4.67. The van der Waals surface area contributed by atoms with Crippen LogP contribution in [0, 0.1) is 0 Å². The molecule has 7 nitrogen and oxygen atoms in total. The van der Waals surface area contributed by atoms with Crippen molar-refractivity contribution in [2.75, 3.05) is 51.3 Å². The molecule has 1 saturated heterocycles. The largest absolute Gasteiger partial charge is 0.380 e. The number of nitrogens with zero attached hydrogens (tertiary/aromatic N) is 4. The van der Waals surface area contributed by atoms with Gasteiger partial charge in [0, 0.05) is 57.8 Å². The molecular weight excluding hydrogens is 342 g/mol. The minimum absolute atomic E-state index is 0.0231. The lowest BCUT2D eigenvalue weighted by molar-refractivity contribution is 0.0951. The van der Waals surface area contributed by atoms with Crippen molar-refractivity contribution in [3.8, 4) is 0 Å². The normalized spacial score (nSPS) is 14.9. The number of carbonyl (C=O) groups is 1. The lowest BCUT2D eigenvalue weighted by Crippen LogP contribution is -2.47. The SMILES string of the molecule is COCc1ccc(C(=O)NCCCN2CCN(c3ncccn3)CC2)cc1. The number of methoxy groups -OCH3 is 1. The minimum Gasteiger partial charge on any atom is -0.380 e. The van der Waals surface area contributed by atoms with E-state index in [0.29, 0.717) is 18.7 Å². The van der Waals surface area contributed by atoms with Crippen LogP contribution in [0.3, 0.4) is 0 Å². The maximum absolute atomic E-state index is 12.2. The number of amides is 1. The molecule has 1 aromatic heterocycles. The van der Waals surface area contributed by atoms with Gasteiger partial charge in [0.2, 0.25) is 5.95 Å². The number of hydrogen-bond acceptors (Lipinski definition) is 6. The van der Waals surface area contributed by atoms with Crippen molar-refractivity contribution in [3.63, 3.8) is 0 Å². The average Bonchev–Trinajstić information content (AvgIpc) is 2.73. The van der Waals surface area contributed by atoms with Gasteiger partial charge in [-0.2, -0.15) is 0 Å². The molecule has 0 unspecified atom stereocenters. The standard InChI is InChI=1S/C20H27N5O2/c1-27-16-17-4-6-18(7-5-17)19(26)21-10-3-11-24-12-14-25(15-13-24)20-22-8-2-9-23-20/h2,4-9H,3,10-16H2,1H3,(H,21,26). The molecule has 27 heavy (non-hydrogen) atoms. The first-order valence-corrected chi connectivity index (χ1v) is 9.36. The Kier molecular flexibility index (Phi) is 7.12. The lowest BCUT2D eigenvalue weighted by Gasteiger charge is -2.34. The van der Waals surface area contributed by atoms with Crippen molar-refractivity contribution >= 4 is 11.9 Å². The fourth-order valence-corrected chi connectivity index (χ4v) is 3.15. The van der Waals surface area contributed by atoms with Gasteiger partial charge < -0.3 is 15.0 Å². The molecule has 2 aromatic rings. The maximum atomic E-state index is 12.2. The molecule has 0 bridgehead atoms. The summed E-state index contributed by atoms with van der Waals surface area (Å²) >= 11 is 0. The Morgan fingerprint density at radius 1 is 1.11 bits per heavy atom. The van der Waals surface area contributed by atoms with Gasteiger partial charge in [-0.1, -0.05) is 12.1 Å². The van der Waals surface area contributed by atoms with Crippen molar-refractivity contribution in [2.45, 2.75) is 13.0 Å². The van der Waals surface area contributed by atoms with Crippen molar-refractivity contribution in [2.24, 2.45) is 0 Å². The number of anilines is 1. The third-order valence-electron chi connectivity index (χ3n) is 4.67. The second kappa shape index (κ2) is 9.99. The summed E-state index contributed by atoms with van der Waals surface area (Å²) in [6.45, 7) is 6.08. The highest BCUT2D eigenvalue weighted by Crippen LogP contribution is 2.10. The zero-order chi connectivity index (χ0) is 18.9. The van der Waals surface area contributed by atoms with Gasteiger partial charge >= 0.3 is 0 Å². The number of hydrogen-bond donors (Lipinski definition) is 1. The highest BCUT2D eigenvalue weighted by molar-refractivity contribution is 5.94. The van der Waals surface area contributed by atoms with Crippen LogP contribution >= 0.6 is 0 Å². The van der Waals surface area contributed by atoms with Crippen LogP contribution in [0.5, 0.6) is 0 Å². The molecule has 0 radical (unpaired) electrons. The van der Waals surface area contributed by atoms with Gasteiger partial charge in [-0.3, -0.25) is 9.69 Å². The van der Waals surface area contributed by atoms with Gasteiger partial charge in [0.15, 0.2) is 0 Å².